The molecule has 0 radical (unpaired) electrons. The second-order valence-corrected chi connectivity index (χ2v) is 6.74. The Labute approximate surface area is 163 Å². The summed E-state index contributed by atoms with van der Waals surface area (Å²) in [6.45, 7) is 6.25. The van der Waals surface area contributed by atoms with Crippen molar-refractivity contribution in [3.8, 4) is 11.6 Å². The third-order valence-electron chi connectivity index (χ3n) is 4.47. The van der Waals surface area contributed by atoms with Gasteiger partial charge in [-0.15, -0.1) is 5.10 Å². The lowest BCUT2D eigenvalue weighted by Gasteiger charge is -2.10. The van der Waals surface area contributed by atoms with Crippen LogP contribution in [0.4, 0.5) is 0 Å². The topological polar surface area (TPSA) is 73.2 Å². The molecular formula is C22H23N3O3. The van der Waals surface area contributed by atoms with E-state index in [0.717, 1.165) is 16.7 Å². The number of benzene rings is 2. The molecule has 0 atom stereocenters. The summed E-state index contributed by atoms with van der Waals surface area (Å²) in [7, 11) is 0. The average molecular weight is 377 g/mol. The lowest BCUT2D eigenvalue weighted by atomic mass is 10.1. The molecule has 0 aliphatic rings. The van der Waals surface area contributed by atoms with Gasteiger partial charge < -0.3 is 10.1 Å². The number of ether oxygens (including phenoxy) is 1. The molecule has 0 aliphatic carbocycles. The maximum Gasteiger partial charge on any atom is 0.271 e. The number of nitrogens with one attached hydrogen (secondary N) is 1. The quantitative estimate of drug-likeness (QED) is 0.717. The number of aromatic nitrogens is 2. The van der Waals surface area contributed by atoms with E-state index >= 15 is 0 Å². The van der Waals surface area contributed by atoms with Gasteiger partial charge >= 0.3 is 0 Å². The summed E-state index contributed by atoms with van der Waals surface area (Å²) in [5.74, 6) is -0.0466. The predicted octanol–water partition coefficient (Wildman–Crippen LogP) is 2.85. The van der Waals surface area contributed by atoms with E-state index in [1.165, 1.54) is 22.4 Å². The monoisotopic (exact) mass is 377 g/mol. The zero-order chi connectivity index (χ0) is 20.1. The molecule has 1 amide bonds. The number of nitrogens with zero attached hydrogens (tertiary/aromatic N) is 2. The van der Waals surface area contributed by atoms with Crippen LogP contribution in [0.5, 0.6) is 5.88 Å². The molecule has 0 bridgehead atoms. The van der Waals surface area contributed by atoms with Crippen molar-refractivity contribution in [3.63, 3.8) is 0 Å². The highest BCUT2D eigenvalue weighted by Crippen LogP contribution is 2.13. The van der Waals surface area contributed by atoms with Crippen LogP contribution < -0.4 is 15.6 Å². The van der Waals surface area contributed by atoms with Gasteiger partial charge in [-0.05, 0) is 49.6 Å². The smallest absolute Gasteiger partial charge is 0.271 e. The van der Waals surface area contributed by atoms with Crippen LogP contribution >= 0.6 is 0 Å². The van der Waals surface area contributed by atoms with E-state index in [-0.39, 0.29) is 24.0 Å². The molecule has 0 saturated heterocycles. The zero-order valence-electron chi connectivity index (χ0n) is 16.2. The molecule has 0 saturated carbocycles. The summed E-state index contributed by atoms with van der Waals surface area (Å²) in [6.07, 6.45) is 0. The fourth-order valence-electron chi connectivity index (χ4n) is 2.61. The third kappa shape index (κ3) is 4.85. The Hall–Kier alpha value is -3.41. The van der Waals surface area contributed by atoms with E-state index in [0.29, 0.717) is 12.2 Å². The maximum atomic E-state index is 12.2. The van der Waals surface area contributed by atoms with Gasteiger partial charge in [0.25, 0.3) is 11.5 Å². The zero-order valence-corrected chi connectivity index (χ0v) is 16.2. The Morgan fingerprint density at radius 2 is 1.75 bits per heavy atom. The molecule has 0 spiro atoms. The largest absolute Gasteiger partial charge is 0.467 e. The van der Waals surface area contributed by atoms with E-state index in [1.807, 2.05) is 63.2 Å². The summed E-state index contributed by atoms with van der Waals surface area (Å²) >= 11 is 0. The Balaban J connectivity index is 1.63. The van der Waals surface area contributed by atoms with Crippen LogP contribution in [-0.4, -0.2) is 22.3 Å². The van der Waals surface area contributed by atoms with Gasteiger partial charge in [-0.2, -0.15) is 4.68 Å². The molecule has 1 heterocycles. The number of hydrogen-bond donors (Lipinski definition) is 1. The van der Waals surface area contributed by atoms with Gasteiger partial charge in [-0.25, -0.2) is 0 Å². The molecule has 144 valence electrons. The first-order valence-electron chi connectivity index (χ1n) is 9.05. The molecular weight excluding hydrogens is 354 g/mol. The van der Waals surface area contributed by atoms with Crippen LogP contribution in [0.25, 0.3) is 5.69 Å². The second-order valence-electron chi connectivity index (χ2n) is 6.74. The van der Waals surface area contributed by atoms with Crippen LogP contribution in [0.3, 0.4) is 0 Å². The molecule has 6 heteroatoms. The van der Waals surface area contributed by atoms with Crippen molar-refractivity contribution in [2.24, 2.45) is 0 Å². The molecule has 1 N–H and O–H groups in total. The minimum Gasteiger partial charge on any atom is -0.467 e. The molecule has 6 nitrogen and oxygen atoms in total. The van der Waals surface area contributed by atoms with Crippen molar-refractivity contribution in [1.82, 2.24) is 15.1 Å². The number of carbonyl (C=O) groups excluding carboxylic acids is 1. The van der Waals surface area contributed by atoms with E-state index in [1.54, 1.807) is 0 Å². The number of hydrogen-bond acceptors (Lipinski definition) is 4. The number of carbonyl (C=O) groups is 1. The van der Waals surface area contributed by atoms with Crippen molar-refractivity contribution in [2.45, 2.75) is 27.3 Å². The minimum absolute atomic E-state index is 0.177. The van der Waals surface area contributed by atoms with Crippen molar-refractivity contribution in [2.75, 3.05) is 6.61 Å². The summed E-state index contributed by atoms with van der Waals surface area (Å²) in [5, 5.41) is 7.01. The number of rotatable bonds is 6. The van der Waals surface area contributed by atoms with E-state index < -0.39 is 0 Å². The van der Waals surface area contributed by atoms with E-state index in [4.69, 9.17) is 4.74 Å². The highest BCUT2D eigenvalue weighted by molar-refractivity contribution is 5.77. The van der Waals surface area contributed by atoms with Gasteiger partial charge in [-0.1, -0.05) is 35.9 Å². The van der Waals surface area contributed by atoms with Gasteiger partial charge in [-0.3, -0.25) is 9.59 Å². The summed E-state index contributed by atoms with van der Waals surface area (Å²) in [4.78, 5) is 24.2. The van der Waals surface area contributed by atoms with Crippen molar-refractivity contribution < 1.29 is 9.53 Å². The van der Waals surface area contributed by atoms with Crippen molar-refractivity contribution in [3.05, 3.63) is 87.2 Å². The number of aryl methyl sites for hydroxylation is 3. The van der Waals surface area contributed by atoms with Crippen molar-refractivity contribution in [1.29, 1.82) is 0 Å². The Kier molecular flexibility index (Phi) is 5.89. The Bertz CT molecular complexity index is 1040. The average Bonchev–Trinajstić information content (AvgIpc) is 2.69. The fourth-order valence-corrected chi connectivity index (χ4v) is 2.61. The lowest BCUT2D eigenvalue weighted by Crippen LogP contribution is -2.29. The number of amides is 1. The normalized spacial score (nSPS) is 10.5. The molecule has 0 fully saturated rings. The summed E-state index contributed by atoms with van der Waals surface area (Å²) in [5.41, 5.74) is 4.77. The molecule has 0 unspecified atom stereocenters. The molecule has 3 aromatic rings. The SMILES string of the molecule is Cc1ccc(CNC(=O)COc2ccc(=O)n(-c3ccc(C)c(C)c3)n2)cc1. The van der Waals surface area contributed by atoms with Crippen LogP contribution in [0.2, 0.25) is 0 Å². The minimum atomic E-state index is -0.264. The lowest BCUT2D eigenvalue weighted by molar-refractivity contribution is -0.123. The van der Waals surface area contributed by atoms with E-state index in [2.05, 4.69) is 10.4 Å². The first kappa shape index (κ1) is 19.4. The fraction of sp³-hybridized carbons (Fsp3) is 0.227. The van der Waals surface area contributed by atoms with Gasteiger partial charge in [0, 0.05) is 18.7 Å². The first-order chi connectivity index (χ1) is 13.4. The van der Waals surface area contributed by atoms with Gasteiger partial charge in [0.2, 0.25) is 5.88 Å². The van der Waals surface area contributed by atoms with Gasteiger partial charge in [0.1, 0.15) is 0 Å². The van der Waals surface area contributed by atoms with Crippen molar-refractivity contribution >= 4 is 5.91 Å². The molecule has 0 aliphatic heterocycles. The molecule has 28 heavy (non-hydrogen) atoms. The predicted molar refractivity (Wildman–Crippen MR) is 108 cm³/mol. The van der Waals surface area contributed by atoms with E-state index in [9.17, 15) is 9.59 Å². The third-order valence-corrected chi connectivity index (χ3v) is 4.47. The van der Waals surface area contributed by atoms with Crippen LogP contribution in [0, 0.1) is 20.8 Å². The van der Waals surface area contributed by atoms with Crippen LogP contribution in [0.1, 0.15) is 22.3 Å². The van der Waals surface area contributed by atoms with Gasteiger partial charge in [0.15, 0.2) is 6.61 Å². The highest BCUT2D eigenvalue weighted by Gasteiger charge is 2.08. The first-order valence-corrected chi connectivity index (χ1v) is 9.05. The summed E-state index contributed by atoms with van der Waals surface area (Å²) < 4.78 is 6.73. The summed E-state index contributed by atoms with van der Waals surface area (Å²) in [6, 6.07) is 16.4. The Morgan fingerprint density at radius 3 is 2.46 bits per heavy atom. The standard InChI is InChI=1S/C22H23N3O3/c1-15-4-7-18(8-5-15)13-23-20(26)14-28-21-10-11-22(27)25(24-21)19-9-6-16(2)17(3)12-19/h4-12H,13-14H2,1-3H3,(H,23,26). The second kappa shape index (κ2) is 8.52. The molecule has 3 rings (SSSR count). The van der Waals surface area contributed by atoms with Crippen LogP contribution in [-0.2, 0) is 11.3 Å². The highest BCUT2D eigenvalue weighted by atomic mass is 16.5. The maximum absolute atomic E-state index is 12.2. The molecule has 2 aromatic carbocycles. The Morgan fingerprint density at radius 1 is 1.00 bits per heavy atom. The van der Waals surface area contributed by atoms with Gasteiger partial charge in [0.05, 0.1) is 5.69 Å². The molecule has 1 aromatic heterocycles. The van der Waals surface area contributed by atoms with Crippen LogP contribution in [0.15, 0.2) is 59.4 Å².